The first-order valence-electron chi connectivity index (χ1n) is 8.13. The number of benzene rings is 1. The fraction of sp³-hybridized carbons (Fsp3) is 0.562. The largest absolute Gasteiger partial charge is 0.477 e. The van der Waals surface area contributed by atoms with Gasteiger partial charge in [-0.3, -0.25) is 14.9 Å². The van der Waals surface area contributed by atoms with Gasteiger partial charge in [0.2, 0.25) is 0 Å². The van der Waals surface area contributed by atoms with E-state index in [2.05, 4.69) is 0 Å². The standard InChI is InChI=1S/C16H22N2O6S/c1-3-12(2)17(13-8-9-25(22,23)11-13)16(19)10-24-15-7-5-4-6-14(15)18(20)21/h4-7,12-13H,3,8-11H2,1-2H3/t12-,13-/m0/s1. The Kier molecular flexibility index (Phi) is 5.99. The second-order valence-corrected chi connectivity index (χ2v) is 8.36. The van der Waals surface area contributed by atoms with Gasteiger partial charge >= 0.3 is 5.69 Å². The van der Waals surface area contributed by atoms with Gasteiger partial charge in [0.15, 0.2) is 22.2 Å². The fourth-order valence-corrected chi connectivity index (χ4v) is 4.66. The zero-order valence-electron chi connectivity index (χ0n) is 14.3. The van der Waals surface area contributed by atoms with Crippen LogP contribution in [0.1, 0.15) is 26.7 Å². The predicted molar refractivity (Wildman–Crippen MR) is 92.2 cm³/mol. The molecular weight excluding hydrogens is 348 g/mol. The summed E-state index contributed by atoms with van der Waals surface area (Å²) in [5.41, 5.74) is -0.214. The van der Waals surface area contributed by atoms with Crippen molar-refractivity contribution in [3.63, 3.8) is 0 Å². The van der Waals surface area contributed by atoms with E-state index in [0.29, 0.717) is 12.8 Å². The SMILES string of the molecule is CC[C@H](C)N(C(=O)COc1ccccc1[N+](=O)[O-])[C@H]1CCS(=O)(=O)C1. The van der Waals surface area contributed by atoms with Crippen LogP contribution in [0.5, 0.6) is 5.75 Å². The van der Waals surface area contributed by atoms with E-state index in [9.17, 15) is 23.3 Å². The molecule has 25 heavy (non-hydrogen) atoms. The zero-order valence-corrected chi connectivity index (χ0v) is 15.1. The summed E-state index contributed by atoms with van der Waals surface area (Å²) in [5, 5.41) is 11.0. The highest BCUT2D eigenvalue weighted by Gasteiger charge is 2.36. The second kappa shape index (κ2) is 7.81. The number of ether oxygens (including phenoxy) is 1. The van der Waals surface area contributed by atoms with Crippen molar-refractivity contribution < 1.29 is 22.9 Å². The maximum absolute atomic E-state index is 12.6. The van der Waals surface area contributed by atoms with Crippen LogP contribution in [-0.4, -0.2) is 54.3 Å². The van der Waals surface area contributed by atoms with Crippen molar-refractivity contribution in [3.05, 3.63) is 34.4 Å². The van der Waals surface area contributed by atoms with Crippen molar-refractivity contribution in [3.8, 4) is 5.75 Å². The Hall–Kier alpha value is -2.16. The van der Waals surface area contributed by atoms with Crippen LogP contribution in [0.4, 0.5) is 5.69 Å². The summed E-state index contributed by atoms with van der Waals surface area (Å²) < 4.78 is 28.8. The van der Waals surface area contributed by atoms with Crippen LogP contribution in [0.25, 0.3) is 0 Å². The maximum Gasteiger partial charge on any atom is 0.310 e. The molecule has 9 heteroatoms. The van der Waals surface area contributed by atoms with Gasteiger partial charge in [-0.2, -0.15) is 0 Å². The summed E-state index contributed by atoms with van der Waals surface area (Å²) in [7, 11) is -3.12. The summed E-state index contributed by atoms with van der Waals surface area (Å²) in [4.78, 5) is 24.6. The summed E-state index contributed by atoms with van der Waals surface area (Å²) in [6.07, 6.45) is 1.08. The highest BCUT2D eigenvalue weighted by molar-refractivity contribution is 7.91. The number of para-hydroxylation sites is 2. The Morgan fingerprint density at radius 2 is 2.12 bits per heavy atom. The van der Waals surface area contributed by atoms with E-state index >= 15 is 0 Å². The number of amides is 1. The van der Waals surface area contributed by atoms with Crippen LogP contribution in [0.2, 0.25) is 0 Å². The van der Waals surface area contributed by atoms with Gasteiger partial charge in [0.1, 0.15) is 0 Å². The Labute approximate surface area is 146 Å². The minimum absolute atomic E-state index is 0.0176. The van der Waals surface area contributed by atoms with Crippen LogP contribution >= 0.6 is 0 Å². The van der Waals surface area contributed by atoms with Crippen LogP contribution in [0.3, 0.4) is 0 Å². The van der Waals surface area contributed by atoms with Crippen molar-refractivity contribution in [1.29, 1.82) is 0 Å². The predicted octanol–water partition coefficient (Wildman–Crippen LogP) is 1.79. The quantitative estimate of drug-likeness (QED) is 0.535. The number of hydrogen-bond donors (Lipinski definition) is 0. The molecule has 2 rings (SSSR count). The van der Waals surface area contributed by atoms with E-state index in [-0.39, 0.29) is 47.5 Å². The van der Waals surface area contributed by atoms with Gasteiger partial charge in [-0.1, -0.05) is 19.1 Å². The van der Waals surface area contributed by atoms with E-state index in [1.807, 2.05) is 13.8 Å². The van der Waals surface area contributed by atoms with Crippen LogP contribution < -0.4 is 4.74 Å². The lowest BCUT2D eigenvalue weighted by Gasteiger charge is -2.33. The molecule has 0 aliphatic carbocycles. The smallest absolute Gasteiger partial charge is 0.310 e. The van der Waals surface area contributed by atoms with Gasteiger partial charge in [0.25, 0.3) is 5.91 Å². The van der Waals surface area contributed by atoms with Crippen molar-refractivity contribution in [2.45, 2.75) is 38.8 Å². The van der Waals surface area contributed by atoms with E-state index in [1.54, 1.807) is 11.0 Å². The zero-order chi connectivity index (χ0) is 18.6. The molecule has 1 aromatic carbocycles. The second-order valence-electron chi connectivity index (χ2n) is 6.13. The summed E-state index contributed by atoms with van der Waals surface area (Å²) in [6.45, 7) is 3.40. The topological polar surface area (TPSA) is 107 Å². The lowest BCUT2D eigenvalue weighted by atomic mass is 10.1. The molecule has 1 aromatic rings. The van der Waals surface area contributed by atoms with Crippen molar-refractivity contribution in [2.24, 2.45) is 0 Å². The van der Waals surface area contributed by atoms with Crippen molar-refractivity contribution in [2.75, 3.05) is 18.1 Å². The Morgan fingerprint density at radius 3 is 2.68 bits per heavy atom. The van der Waals surface area contributed by atoms with E-state index in [1.165, 1.54) is 18.2 Å². The third-order valence-electron chi connectivity index (χ3n) is 4.37. The summed E-state index contributed by atoms with van der Waals surface area (Å²) >= 11 is 0. The van der Waals surface area contributed by atoms with Gasteiger partial charge < -0.3 is 9.64 Å². The number of nitrogens with zero attached hydrogens (tertiary/aromatic N) is 2. The molecule has 0 unspecified atom stereocenters. The molecule has 0 spiro atoms. The van der Waals surface area contributed by atoms with E-state index in [0.717, 1.165) is 0 Å². The Morgan fingerprint density at radius 1 is 1.44 bits per heavy atom. The van der Waals surface area contributed by atoms with Gasteiger partial charge in [0, 0.05) is 18.2 Å². The van der Waals surface area contributed by atoms with Crippen LogP contribution in [0, 0.1) is 10.1 Å². The maximum atomic E-state index is 12.6. The molecule has 8 nitrogen and oxygen atoms in total. The molecule has 1 fully saturated rings. The number of carbonyl (C=O) groups excluding carboxylic acids is 1. The number of nitro benzene ring substituents is 1. The molecule has 0 aromatic heterocycles. The fourth-order valence-electron chi connectivity index (χ4n) is 2.94. The molecule has 1 aliphatic heterocycles. The molecule has 0 radical (unpaired) electrons. The average Bonchev–Trinajstić information content (AvgIpc) is 2.92. The molecule has 1 heterocycles. The highest BCUT2D eigenvalue weighted by atomic mass is 32.2. The monoisotopic (exact) mass is 370 g/mol. The van der Waals surface area contributed by atoms with Gasteiger partial charge in [-0.25, -0.2) is 8.42 Å². The van der Waals surface area contributed by atoms with Gasteiger partial charge in [-0.05, 0) is 25.8 Å². The molecule has 1 amide bonds. The molecule has 0 bridgehead atoms. The Bertz CT molecular complexity index is 749. The third-order valence-corrected chi connectivity index (χ3v) is 6.12. The Balaban J connectivity index is 2.12. The van der Waals surface area contributed by atoms with Crippen molar-refractivity contribution >= 4 is 21.4 Å². The van der Waals surface area contributed by atoms with Crippen molar-refractivity contribution in [1.82, 2.24) is 4.90 Å². The normalized spacial score (nSPS) is 20.0. The van der Waals surface area contributed by atoms with Crippen LogP contribution in [-0.2, 0) is 14.6 Å². The summed E-state index contributed by atoms with van der Waals surface area (Å²) in [6, 6.07) is 5.32. The highest BCUT2D eigenvalue weighted by Crippen LogP contribution is 2.26. The molecule has 1 saturated heterocycles. The third kappa shape index (κ3) is 4.68. The molecule has 1 aliphatic rings. The number of sulfone groups is 1. The molecule has 0 N–H and O–H groups in total. The molecule has 0 saturated carbocycles. The first kappa shape index (κ1) is 19.2. The average molecular weight is 370 g/mol. The lowest BCUT2D eigenvalue weighted by molar-refractivity contribution is -0.385. The molecule has 2 atom stereocenters. The first-order chi connectivity index (χ1) is 11.7. The van der Waals surface area contributed by atoms with Gasteiger partial charge in [-0.15, -0.1) is 0 Å². The lowest BCUT2D eigenvalue weighted by Crippen LogP contribution is -2.48. The number of rotatable bonds is 7. The van der Waals surface area contributed by atoms with Crippen LogP contribution in [0.15, 0.2) is 24.3 Å². The van der Waals surface area contributed by atoms with E-state index in [4.69, 9.17) is 4.74 Å². The first-order valence-corrected chi connectivity index (χ1v) is 9.95. The molecular formula is C16H22N2O6S. The minimum Gasteiger partial charge on any atom is -0.477 e. The van der Waals surface area contributed by atoms with E-state index < -0.39 is 14.8 Å². The van der Waals surface area contributed by atoms with Gasteiger partial charge in [0.05, 0.1) is 16.4 Å². The molecule has 138 valence electrons. The number of nitro groups is 1. The minimum atomic E-state index is -3.12. The number of hydrogen-bond acceptors (Lipinski definition) is 6. The number of carbonyl (C=O) groups is 1. The summed E-state index contributed by atoms with van der Waals surface area (Å²) in [5.74, 6) is -0.323.